The van der Waals surface area contributed by atoms with Crippen molar-refractivity contribution in [3.63, 3.8) is 0 Å². The molecule has 2 aliphatic rings. The van der Waals surface area contributed by atoms with Gasteiger partial charge in [-0.1, -0.05) is 0 Å². The Hall–Kier alpha value is -2.12. The SMILES string of the molecule is COc1ccc(NC(=O)N2CC[C@H]3[C@@H]2CCN3Cc2cnsc2)c(C)c1. The highest BCUT2D eigenvalue weighted by Gasteiger charge is 2.44. The number of anilines is 1. The van der Waals surface area contributed by atoms with E-state index in [0.717, 1.165) is 49.5 Å². The first kappa shape index (κ1) is 17.3. The summed E-state index contributed by atoms with van der Waals surface area (Å²) < 4.78 is 9.43. The molecule has 3 heterocycles. The monoisotopic (exact) mass is 372 g/mol. The molecule has 2 amide bonds. The number of urea groups is 1. The minimum atomic E-state index is 0.00446. The second-order valence-electron chi connectivity index (χ2n) is 7.02. The molecule has 0 spiro atoms. The lowest BCUT2D eigenvalue weighted by molar-refractivity contribution is 0.200. The van der Waals surface area contributed by atoms with E-state index >= 15 is 0 Å². The van der Waals surface area contributed by atoms with Gasteiger partial charge in [-0.05, 0) is 60.6 Å². The van der Waals surface area contributed by atoms with Crippen LogP contribution in [0.4, 0.5) is 10.5 Å². The molecule has 2 atom stereocenters. The second-order valence-corrected chi connectivity index (χ2v) is 7.68. The predicted octanol–water partition coefficient (Wildman–Crippen LogP) is 3.34. The summed E-state index contributed by atoms with van der Waals surface area (Å²) in [6, 6.07) is 6.49. The summed E-state index contributed by atoms with van der Waals surface area (Å²) in [5.74, 6) is 0.802. The van der Waals surface area contributed by atoms with Gasteiger partial charge in [0.25, 0.3) is 0 Å². The van der Waals surface area contributed by atoms with Gasteiger partial charge in [0.2, 0.25) is 0 Å². The number of benzene rings is 1. The fourth-order valence-electron chi connectivity index (χ4n) is 4.15. The number of nitrogens with zero attached hydrogens (tertiary/aromatic N) is 3. The zero-order chi connectivity index (χ0) is 18.1. The van der Waals surface area contributed by atoms with Crippen LogP contribution in [0.1, 0.15) is 24.0 Å². The van der Waals surface area contributed by atoms with Gasteiger partial charge in [0.1, 0.15) is 5.75 Å². The highest BCUT2D eigenvalue weighted by Crippen LogP contribution is 2.33. The van der Waals surface area contributed by atoms with Crippen LogP contribution in [0.25, 0.3) is 0 Å². The van der Waals surface area contributed by atoms with E-state index in [1.807, 2.05) is 36.2 Å². The fraction of sp³-hybridized carbons (Fsp3) is 0.474. The highest BCUT2D eigenvalue weighted by atomic mass is 32.1. The van der Waals surface area contributed by atoms with Crippen LogP contribution in [0.3, 0.4) is 0 Å². The molecule has 2 aliphatic heterocycles. The minimum absolute atomic E-state index is 0.00446. The number of hydrogen-bond donors (Lipinski definition) is 1. The van der Waals surface area contributed by atoms with Crippen LogP contribution in [-0.4, -0.2) is 52.5 Å². The molecule has 1 aromatic carbocycles. The Morgan fingerprint density at radius 1 is 1.35 bits per heavy atom. The molecule has 7 heteroatoms. The van der Waals surface area contributed by atoms with Gasteiger partial charge < -0.3 is 15.0 Å². The van der Waals surface area contributed by atoms with Crippen LogP contribution in [0, 0.1) is 6.92 Å². The van der Waals surface area contributed by atoms with E-state index < -0.39 is 0 Å². The summed E-state index contributed by atoms with van der Waals surface area (Å²) in [5.41, 5.74) is 3.12. The third-order valence-corrected chi connectivity index (χ3v) is 6.13. The van der Waals surface area contributed by atoms with Crippen molar-refractivity contribution in [2.45, 2.75) is 38.4 Å². The van der Waals surface area contributed by atoms with Gasteiger partial charge in [0, 0.05) is 42.9 Å². The van der Waals surface area contributed by atoms with Gasteiger partial charge >= 0.3 is 6.03 Å². The van der Waals surface area contributed by atoms with Crippen molar-refractivity contribution in [2.75, 3.05) is 25.5 Å². The average molecular weight is 372 g/mol. The summed E-state index contributed by atoms with van der Waals surface area (Å²) >= 11 is 1.50. The van der Waals surface area contributed by atoms with Gasteiger partial charge in [-0.3, -0.25) is 4.90 Å². The molecular weight excluding hydrogens is 348 g/mol. The van der Waals surface area contributed by atoms with Crippen molar-refractivity contribution >= 4 is 23.3 Å². The molecule has 1 N–H and O–H groups in total. The van der Waals surface area contributed by atoms with Crippen LogP contribution in [0.5, 0.6) is 5.75 Å². The highest BCUT2D eigenvalue weighted by molar-refractivity contribution is 7.03. The Bertz CT molecular complexity index is 780. The summed E-state index contributed by atoms with van der Waals surface area (Å²) in [5, 5.41) is 5.19. The van der Waals surface area contributed by atoms with E-state index in [2.05, 4.69) is 20.0 Å². The Morgan fingerprint density at radius 2 is 2.19 bits per heavy atom. The molecule has 0 aliphatic carbocycles. The summed E-state index contributed by atoms with van der Waals surface area (Å²) in [7, 11) is 1.65. The van der Waals surface area contributed by atoms with Crippen molar-refractivity contribution in [1.29, 1.82) is 0 Å². The topological polar surface area (TPSA) is 57.7 Å². The zero-order valence-electron chi connectivity index (χ0n) is 15.1. The molecule has 0 saturated carbocycles. The van der Waals surface area contributed by atoms with Crippen LogP contribution >= 0.6 is 11.5 Å². The first-order valence-corrected chi connectivity index (χ1v) is 9.84. The molecule has 138 valence electrons. The van der Waals surface area contributed by atoms with Gasteiger partial charge in [0.15, 0.2) is 0 Å². The van der Waals surface area contributed by atoms with E-state index in [0.29, 0.717) is 12.1 Å². The first-order chi connectivity index (χ1) is 12.7. The standard InChI is InChI=1S/C19H24N4O2S/c1-13-9-15(25-2)3-4-16(13)21-19(24)23-8-6-17-18(23)5-7-22(17)11-14-10-20-26-12-14/h3-4,9-10,12,17-18H,5-8,11H2,1-2H3,(H,21,24)/t17-,18-/m0/s1. The van der Waals surface area contributed by atoms with Gasteiger partial charge in [-0.2, -0.15) is 0 Å². The molecule has 4 rings (SSSR count). The number of aryl methyl sites for hydroxylation is 1. The molecule has 2 saturated heterocycles. The predicted molar refractivity (Wildman–Crippen MR) is 103 cm³/mol. The van der Waals surface area contributed by atoms with Crippen LogP contribution < -0.4 is 10.1 Å². The van der Waals surface area contributed by atoms with Crippen LogP contribution in [0.15, 0.2) is 29.8 Å². The maximum atomic E-state index is 12.8. The zero-order valence-corrected chi connectivity index (χ0v) is 16.0. The third kappa shape index (κ3) is 3.29. The maximum Gasteiger partial charge on any atom is 0.322 e. The Labute approximate surface area is 157 Å². The quantitative estimate of drug-likeness (QED) is 0.894. The number of aromatic nitrogens is 1. The second kappa shape index (κ2) is 7.25. The van der Waals surface area contributed by atoms with Gasteiger partial charge in [0.05, 0.1) is 13.2 Å². The van der Waals surface area contributed by atoms with Gasteiger partial charge in [-0.25, -0.2) is 9.17 Å². The van der Waals surface area contributed by atoms with Crippen LogP contribution in [0.2, 0.25) is 0 Å². The summed E-state index contributed by atoms with van der Waals surface area (Å²) in [6.45, 7) is 4.77. The van der Waals surface area contributed by atoms with Crippen LogP contribution in [-0.2, 0) is 6.54 Å². The summed E-state index contributed by atoms with van der Waals surface area (Å²) in [6.07, 6.45) is 4.03. The summed E-state index contributed by atoms with van der Waals surface area (Å²) in [4.78, 5) is 17.4. The lowest BCUT2D eigenvalue weighted by atomic mass is 10.1. The smallest absolute Gasteiger partial charge is 0.322 e. The minimum Gasteiger partial charge on any atom is -0.497 e. The van der Waals surface area contributed by atoms with Crippen molar-refractivity contribution in [1.82, 2.24) is 14.2 Å². The number of carbonyl (C=O) groups excluding carboxylic acids is 1. The normalized spacial score (nSPS) is 22.5. The molecule has 0 bridgehead atoms. The van der Waals surface area contributed by atoms with E-state index in [1.165, 1.54) is 17.1 Å². The number of rotatable bonds is 4. The number of hydrogen-bond acceptors (Lipinski definition) is 5. The lowest BCUT2D eigenvalue weighted by Gasteiger charge is -2.26. The number of amides is 2. The molecule has 26 heavy (non-hydrogen) atoms. The average Bonchev–Trinajstić information content (AvgIpc) is 3.36. The maximum absolute atomic E-state index is 12.8. The van der Waals surface area contributed by atoms with E-state index in [1.54, 1.807) is 7.11 Å². The Kier molecular flexibility index (Phi) is 4.82. The molecule has 6 nitrogen and oxygen atoms in total. The molecule has 0 radical (unpaired) electrons. The number of carbonyl (C=O) groups is 1. The molecular formula is C19H24N4O2S. The number of nitrogens with one attached hydrogen (secondary N) is 1. The van der Waals surface area contributed by atoms with Crippen molar-refractivity contribution in [3.8, 4) is 5.75 Å². The van der Waals surface area contributed by atoms with Crippen molar-refractivity contribution in [3.05, 3.63) is 40.9 Å². The fourth-order valence-corrected chi connectivity index (χ4v) is 4.68. The molecule has 2 aromatic rings. The molecule has 0 unspecified atom stereocenters. The molecule has 2 fully saturated rings. The lowest BCUT2D eigenvalue weighted by Crippen LogP contribution is -2.41. The third-order valence-electron chi connectivity index (χ3n) is 5.50. The number of fused-ring (bicyclic) bond motifs is 1. The van der Waals surface area contributed by atoms with Gasteiger partial charge in [-0.15, -0.1) is 0 Å². The van der Waals surface area contributed by atoms with E-state index in [4.69, 9.17) is 4.74 Å². The number of methoxy groups -OCH3 is 1. The van der Waals surface area contributed by atoms with Crippen molar-refractivity contribution < 1.29 is 9.53 Å². The Morgan fingerprint density at radius 3 is 2.92 bits per heavy atom. The van der Waals surface area contributed by atoms with E-state index in [9.17, 15) is 4.79 Å². The largest absolute Gasteiger partial charge is 0.497 e. The van der Waals surface area contributed by atoms with Crippen molar-refractivity contribution in [2.24, 2.45) is 0 Å². The number of ether oxygens (including phenoxy) is 1. The molecule has 1 aromatic heterocycles. The first-order valence-electron chi connectivity index (χ1n) is 9.00. The Balaban J connectivity index is 1.40. The van der Waals surface area contributed by atoms with E-state index in [-0.39, 0.29) is 6.03 Å². The number of likely N-dealkylation sites (tertiary alicyclic amines) is 2.